The molecule has 3 unspecified atom stereocenters. The fourth-order valence-corrected chi connectivity index (χ4v) is 0.285. The standard InChI is InChI=1S/C2H5NO4/c4-2-1(7-2)3(5)6/h1-5H. The fraction of sp³-hybridized carbons (Fsp3) is 1.00. The van der Waals surface area contributed by atoms with Crippen LogP contribution < -0.4 is 5.23 Å². The van der Waals surface area contributed by atoms with Crippen LogP contribution in [0.3, 0.4) is 0 Å². The van der Waals surface area contributed by atoms with E-state index in [-0.39, 0.29) is 0 Å². The molecule has 3 N–H and O–H groups in total. The first-order chi connectivity index (χ1) is 3.22. The lowest BCUT2D eigenvalue weighted by atomic mass is 10.7. The highest BCUT2D eigenvalue weighted by molar-refractivity contribution is 4.58. The molecule has 1 heterocycles. The molecule has 1 rings (SSSR count). The molecule has 3 atom stereocenters. The van der Waals surface area contributed by atoms with E-state index >= 15 is 0 Å². The number of quaternary nitrogens is 1. The van der Waals surface area contributed by atoms with Gasteiger partial charge in [-0.2, -0.15) is 5.23 Å². The summed E-state index contributed by atoms with van der Waals surface area (Å²) in [4.78, 5) is 0. The van der Waals surface area contributed by atoms with Crippen molar-refractivity contribution in [2.75, 3.05) is 0 Å². The zero-order valence-electron chi connectivity index (χ0n) is 3.37. The van der Waals surface area contributed by atoms with Crippen LogP contribution in [0.1, 0.15) is 0 Å². The van der Waals surface area contributed by atoms with E-state index in [9.17, 15) is 5.21 Å². The zero-order valence-corrected chi connectivity index (χ0v) is 3.37. The Balaban J connectivity index is 2.20. The van der Waals surface area contributed by atoms with Crippen molar-refractivity contribution in [2.45, 2.75) is 12.5 Å². The maximum absolute atomic E-state index is 9.69. The molecule has 1 aliphatic heterocycles. The molecule has 0 spiro atoms. The molecule has 7 heavy (non-hydrogen) atoms. The van der Waals surface area contributed by atoms with Crippen LogP contribution in [0.4, 0.5) is 0 Å². The van der Waals surface area contributed by atoms with Crippen molar-refractivity contribution in [3.63, 3.8) is 0 Å². The molecule has 0 aliphatic carbocycles. The average molecular weight is 107 g/mol. The Kier molecular flexibility index (Phi) is 0.983. The van der Waals surface area contributed by atoms with Crippen molar-refractivity contribution in [1.29, 1.82) is 0 Å². The van der Waals surface area contributed by atoms with E-state index in [0.29, 0.717) is 0 Å². The highest BCUT2D eigenvalue weighted by Crippen LogP contribution is 2.09. The molecule has 1 fully saturated rings. The Hall–Kier alpha value is -0.200. The molecule has 1 saturated heterocycles. The van der Waals surface area contributed by atoms with E-state index in [1.165, 1.54) is 0 Å². The maximum atomic E-state index is 9.69. The molecule has 0 aromatic heterocycles. The summed E-state index contributed by atoms with van der Waals surface area (Å²) in [6.45, 7) is 0. The van der Waals surface area contributed by atoms with Gasteiger partial charge in [-0.25, -0.2) is 5.21 Å². The number of hydroxylamine groups is 2. The van der Waals surface area contributed by atoms with Crippen LogP contribution in [0, 0.1) is 5.21 Å². The second kappa shape index (κ2) is 1.39. The van der Waals surface area contributed by atoms with Gasteiger partial charge in [-0.05, 0) is 0 Å². The minimum Gasteiger partial charge on any atom is -0.598 e. The lowest BCUT2D eigenvalue weighted by Crippen LogP contribution is -3.06. The number of nitrogens with one attached hydrogen (secondary N) is 1. The van der Waals surface area contributed by atoms with Crippen LogP contribution >= 0.6 is 0 Å². The molecule has 5 nitrogen and oxygen atoms in total. The average Bonchev–Trinajstić information content (AvgIpc) is 2.17. The molecule has 1 aliphatic rings. The number of hydrogen-bond acceptors (Lipinski definition) is 4. The Morgan fingerprint density at radius 3 is 2.14 bits per heavy atom. The summed E-state index contributed by atoms with van der Waals surface area (Å²) in [6, 6.07) is 0. The van der Waals surface area contributed by atoms with Crippen LogP contribution in [0.5, 0.6) is 0 Å². The number of aliphatic hydroxyl groups is 1. The van der Waals surface area contributed by atoms with E-state index in [2.05, 4.69) is 4.74 Å². The first kappa shape index (κ1) is 4.95. The number of aliphatic hydroxyl groups excluding tert-OH is 1. The molecule has 0 saturated carbocycles. The molecule has 0 aromatic rings. The zero-order chi connectivity index (χ0) is 5.44. The lowest BCUT2D eigenvalue weighted by molar-refractivity contribution is -1.06. The van der Waals surface area contributed by atoms with Gasteiger partial charge in [0.1, 0.15) is 0 Å². The quantitative estimate of drug-likeness (QED) is 0.254. The Morgan fingerprint density at radius 2 is 2.14 bits per heavy atom. The summed E-state index contributed by atoms with van der Waals surface area (Å²) in [5, 5.41) is 24.7. The van der Waals surface area contributed by atoms with Gasteiger partial charge < -0.3 is 10.3 Å². The first-order valence-electron chi connectivity index (χ1n) is 1.78. The van der Waals surface area contributed by atoms with E-state index < -0.39 is 17.7 Å². The van der Waals surface area contributed by atoms with Crippen molar-refractivity contribution >= 4 is 0 Å². The second-order valence-corrected chi connectivity index (χ2v) is 1.29. The topological polar surface area (TPSA) is 80.5 Å². The van der Waals surface area contributed by atoms with Crippen LogP contribution in [0.15, 0.2) is 0 Å². The first-order valence-corrected chi connectivity index (χ1v) is 1.78. The predicted octanol–water partition coefficient (Wildman–Crippen LogP) is -2.57. The maximum Gasteiger partial charge on any atom is 0.276 e. The third-order valence-electron chi connectivity index (χ3n) is 0.712. The summed E-state index contributed by atoms with van der Waals surface area (Å²) in [5.74, 6) is 0. The lowest BCUT2D eigenvalue weighted by Gasteiger charge is -2.05. The number of ether oxygens (including phenoxy) is 1. The predicted molar refractivity (Wildman–Crippen MR) is 17.0 cm³/mol. The highest BCUT2D eigenvalue weighted by Gasteiger charge is 2.44. The molecule has 42 valence electrons. The Morgan fingerprint density at radius 1 is 1.71 bits per heavy atom. The minimum absolute atomic E-state index is 0.958. The van der Waals surface area contributed by atoms with Gasteiger partial charge in [0.05, 0.1) is 0 Å². The van der Waals surface area contributed by atoms with Gasteiger partial charge in [-0.15, -0.1) is 0 Å². The highest BCUT2D eigenvalue weighted by atomic mass is 16.9. The van der Waals surface area contributed by atoms with Crippen molar-refractivity contribution in [3.05, 3.63) is 5.21 Å². The van der Waals surface area contributed by atoms with E-state index in [0.717, 1.165) is 0 Å². The van der Waals surface area contributed by atoms with Crippen molar-refractivity contribution in [2.24, 2.45) is 0 Å². The smallest absolute Gasteiger partial charge is 0.276 e. The Labute approximate surface area is 39.3 Å². The summed E-state index contributed by atoms with van der Waals surface area (Å²) >= 11 is 0. The monoisotopic (exact) mass is 107 g/mol. The van der Waals surface area contributed by atoms with Crippen LogP contribution in [-0.2, 0) is 4.74 Å². The SMILES string of the molecule is [O-][NH+](O)C1OC1O. The van der Waals surface area contributed by atoms with E-state index in [4.69, 9.17) is 10.3 Å². The number of hydrogen-bond donors (Lipinski definition) is 3. The third kappa shape index (κ3) is 0.872. The number of epoxide rings is 1. The van der Waals surface area contributed by atoms with Gasteiger partial charge in [0.25, 0.3) is 6.23 Å². The van der Waals surface area contributed by atoms with Crippen molar-refractivity contribution < 1.29 is 20.3 Å². The van der Waals surface area contributed by atoms with Crippen LogP contribution in [0.25, 0.3) is 0 Å². The fourth-order valence-electron chi connectivity index (χ4n) is 0.285. The van der Waals surface area contributed by atoms with Crippen LogP contribution in [0.2, 0.25) is 0 Å². The van der Waals surface area contributed by atoms with E-state index in [1.54, 1.807) is 0 Å². The normalized spacial score (nSPS) is 43.3. The second-order valence-electron chi connectivity index (χ2n) is 1.29. The summed E-state index contributed by atoms with van der Waals surface area (Å²) in [5.41, 5.74) is 0. The number of rotatable bonds is 1. The van der Waals surface area contributed by atoms with E-state index in [1.807, 2.05) is 0 Å². The summed E-state index contributed by atoms with van der Waals surface area (Å²) in [6.07, 6.45) is -2.02. The van der Waals surface area contributed by atoms with Gasteiger partial charge in [-0.3, -0.25) is 4.74 Å². The van der Waals surface area contributed by atoms with Gasteiger partial charge in [0.15, 0.2) is 0 Å². The summed E-state index contributed by atoms with van der Waals surface area (Å²) in [7, 11) is 0. The van der Waals surface area contributed by atoms with Crippen molar-refractivity contribution in [1.82, 2.24) is 0 Å². The van der Waals surface area contributed by atoms with Crippen LogP contribution in [-0.4, -0.2) is 22.8 Å². The third-order valence-corrected chi connectivity index (χ3v) is 0.712. The minimum atomic E-state index is -1.10. The molecule has 5 heteroatoms. The van der Waals surface area contributed by atoms with Gasteiger partial charge in [-0.1, -0.05) is 0 Å². The molecular formula is C2H5NO4. The molecule has 0 amide bonds. The Bertz CT molecular complexity index is 74.1. The van der Waals surface area contributed by atoms with Crippen molar-refractivity contribution in [3.8, 4) is 0 Å². The molecule has 0 radical (unpaired) electrons. The van der Waals surface area contributed by atoms with Gasteiger partial charge in [0, 0.05) is 0 Å². The summed E-state index contributed by atoms with van der Waals surface area (Å²) < 4.78 is 4.13. The molecular weight excluding hydrogens is 102 g/mol. The molecule has 0 bridgehead atoms. The van der Waals surface area contributed by atoms with Gasteiger partial charge in [0.2, 0.25) is 6.29 Å². The van der Waals surface area contributed by atoms with Gasteiger partial charge >= 0.3 is 0 Å². The molecule has 0 aromatic carbocycles. The largest absolute Gasteiger partial charge is 0.598 e.